The van der Waals surface area contributed by atoms with Crippen molar-refractivity contribution in [3.8, 4) is 0 Å². The largest absolute Gasteiger partial charge is 0.346 e. The van der Waals surface area contributed by atoms with Gasteiger partial charge in [-0.05, 0) is 24.6 Å². The zero-order valence-electron chi connectivity index (χ0n) is 8.71. The highest BCUT2D eigenvalue weighted by atomic mass is 19.1. The Bertz CT molecular complexity index is 378. The van der Waals surface area contributed by atoms with Gasteiger partial charge in [0.15, 0.2) is 6.29 Å². The Morgan fingerprint density at radius 1 is 1.25 bits per heavy atom. The van der Waals surface area contributed by atoms with Crippen molar-refractivity contribution >= 4 is 0 Å². The van der Waals surface area contributed by atoms with Crippen molar-refractivity contribution in [2.75, 3.05) is 19.8 Å². The SMILES string of the molecule is NCCc1ccc(F)c(C2OCCO2)c1F. The van der Waals surface area contributed by atoms with Crippen LogP contribution in [0.2, 0.25) is 0 Å². The molecule has 0 aliphatic carbocycles. The van der Waals surface area contributed by atoms with Crippen LogP contribution in [-0.2, 0) is 15.9 Å². The van der Waals surface area contributed by atoms with Gasteiger partial charge in [0.2, 0.25) is 0 Å². The molecular weight excluding hydrogens is 216 g/mol. The lowest BCUT2D eigenvalue weighted by molar-refractivity contribution is -0.0490. The molecule has 1 aliphatic heterocycles. The van der Waals surface area contributed by atoms with Crippen molar-refractivity contribution in [1.29, 1.82) is 0 Å². The molecule has 88 valence electrons. The highest BCUT2D eigenvalue weighted by Gasteiger charge is 2.26. The summed E-state index contributed by atoms with van der Waals surface area (Å²) in [6.45, 7) is 1.02. The third kappa shape index (κ3) is 2.07. The maximum absolute atomic E-state index is 13.9. The predicted molar refractivity (Wildman–Crippen MR) is 53.8 cm³/mol. The first-order valence-electron chi connectivity index (χ1n) is 5.14. The van der Waals surface area contributed by atoms with E-state index in [4.69, 9.17) is 15.2 Å². The Balaban J connectivity index is 2.37. The van der Waals surface area contributed by atoms with Crippen LogP contribution >= 0.6 is 0 Å². The molecule has 1 fully saturated rings. The highest BCUT2D eigenvalue weighted by Crippen LogP contribution is 2.29. The van der Waals surface area contributed by atoms with E-state index in [-0.39, 0.29) is 5.56 Å². The van der Waals surface area contributed by atoms with E-state index in [9.17, 15) is 8.78 Å². The molecule has 16 heavy (non-hydrogen) atoms. The van der Waals surface area contributed by atoms with Gasteiger partial charge in [-0.1, -0.05) is 6.07 Å². The lowest BCUT2D eigenvalue weighted by Crippen LogP contribution is -2.10. The smallest absolute Gasteiger partial charge is 0.189 e. The first-order chi connectivity index (χ1) is 7.74. The summed E-state index contributed by atoms with van der Waals surface area (Å²) in [4.78, 5) is 0. The predicted octanol–water partition coefficient (Wildman–Crippen LogP) is 1.51. The average molecular weight is 229 g/mol. The molecule has 0 radical (unpaired) electrons. The molecule has 1 aromatic carbocycles. The summed E-state index contributed by atoms with van der Waals surface area (Å²) in [6, 6.07) is 2.62. The van der Waals surface area contributed by atoms with Crippen molar-refractivity contribution in [1.82, 2.24) is 0 Å². The standard InChI is InChI=1S/C11H13F2NO2/c12-8-2-1-7(3-4-14)10(13)9(8)11-15-5-6-16-11/h1-2,11H,3-6,14H2. The topological polar surface area (TPSA) is 44.5 Å². The van der Waals surface area contributed by atoms with Crippen LogP contribution < -0.4 is 5.73 Å². The summed E-state index contributed by atoms with van der Waals surface area (Å²) >= 11 is 0. The Morgan fingerprint density at radius 2 is 1.94 bits per heavy atom. The van der Waals surface area contributed by atoms with Gasteiger partial charge < -0.3 is 15.2 Å². The molecule has 1 saturated heterocycles. The Morgan fingerprint density at radius 3 is 2.56 bits per heavy atom. The van der Waals surface area contributed by atoms with E-state index in [0.717, 1.165) is 0 Å². The van der Waals surface area contributed by atoms with Crippen molar-refractivity contribution in [2.45, 2.75) is 12.7 Å². The van der Waals surface area contributed by atoms with Crippen molar-refractivity contribution in [3.63, 3.8) is 0 Å². The molecular formula is C11H13F2NO2. The van der Waals surface area contributed by atoms with Crippen molar-refractivity contribution in [2.24, 2.45) is 5.73 Å². The van der Waals surface area contributed by atoms with Crippen LogP contribution in [0.25, 0.3) is 0 Å². The summed E-state index contributed by atoms with van der Waals surface area (Å²) in [5.74, 6) is -1.26. The van der Waals surface area contributed by atoms with E-state index in [1.807, 2.05) is 0 Å². The van der Waals surface area contributed by atoms with Gasteiger partial charge in [-0.15, -0.1) is 0 Å². The summed E-state index contributed by atoms with van der Waals surface area (Å²) in [5, 5.41) is 0. The molecule has 2 rings (SSSR count). The molecule has 0 unspecified atom stereocenters. The second kappa shape index (κ2) is 4.86. The first kappa shape index (κ1) is 11.4. The Labute approximate surface area is 92.1 Å². The van der Waals surface area contributed by atoms with Gasteiger partial charge in [-0.25, -0.2) is 8.78 Å². The zero-order chi connectivity index (χ0) is 11.5. The van der Waals surface area contributed by atoms with Crippen LogP contribution in [0.5, 0.6) is 0 Å². The van der Waals surface area contributed by atoms with Crippen molar-refractivity contribution < 1.29 is 18.3 Å². The van der Waals surface area contributed by atoms with Crippen molar-refractivity contribution in [3.05, 3.63) is 34.9 Å². The first-order valence-corrected chi connectivity index (χ1v) is 5.14. The van der Waals surface area contributed by atoms with Crippen LogP contribution in [0.4, 0.5) is 8.78 Å². The molecule has 0 atom stereocenters. The maximum atomic E-state index is 13.9. The third-order valence-electron chi connectivity index (χ3n) is 2.48. The minimum absolute atomic E-state index is 0.150. The van der Waals surface area contributed by atoms with E-state index in [0.29, 0.717) is 31.7 Å². The maximum Gasteiger partial charge on any atom is 0.189 e. The van der Waals surface area contributed by atoms with E-state index < -0.39 is 17.9 Å². The fourth-order valence-corrected chi connectivity index (χ4v) is 1.70. The number of hydrogen-bond acceptors (Lipinski definition) is 3. The average Bonchev–Trinajstić information content (AvgIpc) is 2.76. The van der Waals surface area contributed by atoms with E-state index >= 15 is 0 Å². The van der Waals surface area contributed by atoms with Gasteiger partial charge in [-0.3, -0.25) is 0 Å². The van der Waals surface area contributed by atoms with Crippen LogP contribution in [0, 0.1) is 11.6 Å². The molecule has 0 amide bonds. The zero-order valence-corrected chi connectivity index (χ0v) is 8.71. The van der Waals surface area contributed by atoms with Gasteiger partial charge >= 0.3 is 0 Å². The summed E-state index contributed by atoms with van der Waals surface area (Å²) in [5.41, 5.74) is 5.59. The lowest BCUT2D eigenvalue weighted by Gasteiger charge is -2.13. The Kier molecular flexibility index (Phi) is 3.48. The number of benzene rings is 1. The third-order valence-corrected chi connectivity index (χ3v) is 2.48. The summed E-state index contributed by atoms with van der Waals surface area (Å²) < 4.78 is 37.6. The van der Waals surface area contributed by atoms with Crippen LogP contribution in [0.15, 0.2) is 12.1 Å². The fraction of sp³-hybridized carbons (Fsp3) is 0.455. The molecule has 1 aromatic rings. The van der Waals surface area contributed by atoms with Gasteiger partial charge in [0.25, 0.3) is 0 Å². The number of halogens is 2. The lowest BCUT2D eigenvalue weighted by atomic mass is 10.1. The van der Waals surface area contributed by atoms with Gasteiger partial charge in [0.1, 0.15) is 11.6 Å². The van der Waals surface area contributed by atoms with Crippen LogP contribution in [0.1, 0.15) is 17.4 Å². The second-order valence-electron chi connectivity index (χ2n) is 3.55. The molecule has 5 heteroatoms. The monoisotopic (exact) mass is 229 g/mol. The minimum Gasteiger partial charge on any atom is -0.346 e. The second-order valence-corrected chi connectivity index (χ2v) is 3.55. The molecule has 0 spiro atoms. The number of nitrogens with two attached hydrogens (primary N) is 1. The quantitative estimate of drug-likeness (QED) is 0.854. The van der Waals surface area contributed by atoms with Crippen LogP contribution in [-0.4, -0.2) is 19.8 Å². The highest BCUT2D eigenvalue weighted by molar-refractivity contribution is 5.29. The van der Waals surface area contributed by atoms with Gasteiger partial charge in [0, 0.05) is 0 Å². The summed E-state index contributed by atoms with van der Waals surface area (Å²) in [6.07, 6.45) is -0.566. The van der Waals surface area contributed by atoms with E-state index in [2.05, 4.69) is 0 Å². The number of rotatable bonds is 3. The minimum atomic E-state index is -0.933. The van der Waals surface area contributed by atoms with Gasteiger partial charge in [-0.2, -0.15) is 0 Å². The normalized spacial score (nSPS) is 16.9. The molecule has 3 nitrogen and oxygen atoms in total. The van der Waals surface area contributed by atoms with E-state index in [1.165, 1.54) is 12.1 Å². The Hall–Kier alpha value is -1.04. The van der Waals surface area contributed by atoms with Gasteiger partial charge in [0.05, 0.1) is 18.8 Å². The number of hydrogen-bond donors (Lipinski definition) is 1. The fourth-order valence-electron chi connectivity index (χ4n) is 1.70. The molecule has 0 aromatic heterocycles. The molecule has 0 saturated carbocycles. The molecule has 2 N–H and O–H groups in total. The van der Waals surface area contributed by atoms with E-state index in [1.54, 1.807) is 0 Å². The summed E-state index contributed by atoms with van der Waals surface area (Å²) in [7, 11) is 0. The van der Waals surface area contributed by atoms with Crippen LogP contribution in [0.3, 0.4) is 0 Å². The molecule has 1 heterocycles. The number of ether oxygens (including phenoxy) is 2. The molecule has 0 bridgehead atoms. The molecule has 1 aliphatic rings.